The lowest BCUT2D eigenvalue weighted by Gasteiger charge is -2.19. The van der Waals surface area contributed by atoms with E-state index in [2.05, 4.69) is 0 Å². The Bertz CT molecular complexity index is 551. The van der Waals surface area contributed by atoms with E-state index in [0.29, 0.717) is 12.2 Å². The molecule has 2 atom stereocenters. The van der Waals surface area contributed by atoms with Crippen LogP contribution in [0.15, 0.2) is 60.7 Å². The topological polar surface area (TPSA) is 35.5 Å². The normalized spacial score (nSPS) is 13.4. The summed E-state index contributed by atoms with van der Waals surface area (Å²) in [6.45, 7) is 1.86. The summed E-state index contributed by atoms with van der Waals surface area (Å²) in [5.41, 5.74) is 1.07. The Morgan fingerprint density at radius 2 is 1.57 bits per heavy atom. The predicted octanol–water partition coefficient (Wildman–Crippen LogP) is 4.01. The van der Waals surface area contributed by atoms with Crippen molar-refractivity contribution in [3.8, 4) is 5.75 Å². The van der Waals surface area contributed by atoms with Crippen LogP contribution in [0.3, 0.4) is 0 Å². The molecule has 0 fully saturated rings. The van der Waals surface area contributed by atoms with Gasteiger partial charge in [-0.25, -0.2) is 0 Å². The second-order valence-corrected chi connectivity index (χ2v) is 5.01. The number of hydrogen-bond acceptors (Lipinski definition) is 3. The van der Waals surface area contributed by atoms with Crippen LogP contribution in [0.1, 0.15) is 25.0 Å². The van der Waals surface area contributed by atoms with E-state index in [1.165, 1.54) is 0 Å². The molecule has 0 radical (unpaired) electrons. The first kappa shape index (κ1) is 15.3. The molecule has 0 spiro atoms. The molecule has 0 unspecified atom stereocenters. The fourth-order valence-electron chi connectivity index (χ4n) is 2.16. The maximum Gasteiger partial charge on any atom is 0.314 e. The summed E-state index contributed by atoms with van der Waals surface area (Å²) in [5.74, 6) is 0.0950. The van der Waals surface area contributed by atoms with E-state index in [0.717, 1.165) is 5.56 Å². The fourth-order valence-corrected chi connectivity index (χ4v) is 2.16. The maximum atomic E-state index is 12.1. The molecule has 3 nitrogen and oxygen atoms in total. The second kappa shape index (κ2) is 7.60. The molecule has 21 heavy (non-hydrogen) atoms. The van der Waals surface area contributed by atoms with Gasteiger partial charge < -0.3 is 9.47 Å². The lowest BCUT2D eigenvalue weighted by atomic mass is 9.98. The third kappa shape index (κ3) is 4.43. The summed E-state index contributed by atoms with van der Waals surface area (Å²) in [6, 6.07) is 19.0. The van der Waals surface area contributed by atoms with Gasteiger partial charge in [0.15, 0.2) is 0 Å². The molecule has 110 valence electrons. The SMILES string of the molecule is CO[C@H](C[C@H](C)C(=O)Oc1ccccc1)c1ccccc1. The Morgan fingerprint density at radius 3 is 2.14 bits per heavy atom. The molecule has 0 aromatic heterocycles. The van der Waals surface area contributed by atoms with Gasteiger partial charge in [0.25, 0.3) is 0 Å². The number of esters is 1. The van der Waals surface area contributed by atoms with E-state index in [-0.39, 0.29) is 18.0 Å². The lowest BCUT2D eigenvalue weighted by molar-refractivity contribution is -0.139. The minimum atomic E-state index is -0.240. The van der Waals surface area contributed by atoms with Crippen molar-refractivity contribution < 1.29 is 14.3 Å². The van der Waals surface area contributed by atoms with E-state index in [4.69, 9.17) is 9.47 Å². The van der Waals surface area contributed by atoms with Crippen molar-refractivity contribution >= 4 is 5.97 Å². The van der Waals surface area contributed by atoms with Gasteiger partial charge in [0.2, 0.25) is 0 Å². The number of carbonyl (C=O) groups is 1. The van der Waals surface area contributed by atoms with E-state index < -0.39 is 0 Å². The first-order chi connectivity index (χ1) is 10.2. The number of ether oxygens (including phenoxy) is 2. The van der Waals surface area contributed by atoms with Crippen molar-refractivity contribution in [2.75, 3.05) is 7.11 Å². The summed E-state index contributed by atoms with van der Waals surface area (Å²) in [4.78, 5) is 12.1. The van der Waals surface area contributed by atoms with Crippen LogP contribution in [0.5, 0.6) is 5.75 Å². The molecular formula is C18H20O3. The van der Waals surface area contributed by atoms with Crippen LogP contribution in [0, 0.1) is 5.92 Å². The minimum absolute atomic E-state index is 0.107. The average molecular weight is 284 g/mol. The number of rotatable bonds is 6. The molecule has 0 amide bonds. The largest absolute Gasteiger partial charge is 0.426 e. The summed E-state index contributed by atoms with van der Waals surface area (Å²) < 4.78 is 10.9. The average Bonchev–Trinajstić information content (AvgIpc) is 2.54. The molecule has 0 N–H and O–H groups in total. The summed E-state index contributed by atoms with van der Waals surface area (Å²) in [7, 11) is 1.66. The van der Waals surface area contributed by atoms with Crippen molar-refractivity contribution in [1.82, 2.24) is 0 Å². The predicted molar refractivity (Wildman–Crippen MR) is 82.1 cm³/mol. The Morgan fingerprint density at radius 1 is 1.00 bits per heavy atom. The van der Waals surface area contributed by atoms with Crippen molar-refractivity contribution in [3.63, 3.8) is 0 Å². The molecule has 0 saturated carbocycles. The first-order valence-electron chi connectivity index (χ1n) is 7.05. The van der Waals surface area contributed by atoms with Crippen molar-refractivity contribution in [3.05, 3.63) is 66.2 Å². The van der Waals surface area contributed by atoms with Gasteiger partial charge in [-0.15, -0.1) is 0 Å². The summed E-state index contributed by atoms with van der Waals surface area (Å²) >= 11 is 0. The minimum Gasteiger partial charge on any atom is -0.426 e. The molecule has 0 aliphatic rings. The zero-order valence-electron chi connectivity index (χ0n) is 12.4. The lowest BCUT2D eigenvalue weighted by Crippen LogP contribution is -2.20. The second-order valence-electron chi connectivity index (χ2n) is 5.01. The van der Waals surface area contributed by atoms with Crippen LogP contribution >= 0.6 is 0 Å². The molecule has 2 rings (SSSR count). The Hall–Kier alpha value is -2.13. The summed E-state index contributed by atoms with van der Waals surface area (Å²) in [5, 5.41) is 0. The fraction of sp³-hybridized carbons (Fsp3) is 0.278. The molecule has 0 aliphatic heterocycles. The highest BCUT2D eigenvalue weighted by molar-refractivity contribution is 5.74. The van der Waals surface area contributed by atoms with Gasteiger partial charge in [0.05, 0.1) is 12.0 Å². The van der Waals surface area contributed by atoms with Crippen LogP contribution in [0.25, 0.3) is 0 Å². The third-order valence-corrected chi connectivity index (χ3v) is 3.39. The smallest absolute Gasteiger partial charge is 0.314 e. The molecule has 2 aromatic carbocycles. The van der Waals surface area contributed by atoms with Gasteiger partial charge >= 0.3 is 5.97 Å². The van der Waals surface area contributed by atoms with Crippen LogP contribution in [0.2, 0.25) is 0 Å². The van der Waals surface area contributed by atoms with E-state index >= 15 is 0 Å². The molecule has 0 saturated heterocycles. The van der Waals surface area contributed by atoms with Gasteiger partial charge in [0.1, 0.15) is 5.75 Å². The van der Waals surface area contributed by atoms with Crippen molar-refractivity contribution in [1.29, 1.82) is 0 Å². The Kier molecular flexibility index (Phi) is 5.52. The number of hydrogen-bond donors (Lipinski definition) is 0. The summed E-state index contributed by atoms with van der Waals surface area (Å²) in [6.07, 6.45) is 0.483. The highest BCUT2D eigenvalue weighted by atomic mass is 16.5. The number of benzene rings is 2. The van der Waals surface area contributed by atoms with E-state index in [1.54, 1.807) is 19.2 Å². The van der Waals surface area contributed by atoms with Crippen LogP contribution in [-0.2, 0) is 9.53 Å². The highest BCUT2D eigenvalue weighted by Crippen LogP contribution is 2.25. The Balaban J connectivity index is 1.96. The number of para-hydroxylation sites is 1. The molecule has 3 heteroatoms. The molecular weight excluding hydrogens is 264 g/mol. The van der Waals surface area contributed by atoms with E-state index in [1.807, 2.05) is 55.5 Å². The van der Waals surface area contributed by atoms with Gasteiger partial charge in [-0.3, -0.25) is 4.79 Å². The van der Waals surface area contributed by atoms with Gasteiger partial charge in [0, 0.05) is 7.11 Å². The van der Waals surface area contributed by atoms with Crippen molar-refractivity contribution in [2.24, 2.45) is 5.92 Å². The highest BCUT2D eigenvalue weighted by Gasteiger charge is 2.21. The third-order valence-electron chi connectivity index (χ3n) is 3.39. The zero-order valence-corrected chi connectivity index (χ0v) is 12.4. The monoisotopic (exact) mass is 284 g/mol. The zero-order chi connectivity index (χ0) is 15.1. The van der Waals surface area contributed by atoms with Crippen LogP contribution in [-0.4, -0.2) is 13.1 Å². The van der Waals surface area contributed by atoms with Gasteiger partial charge in [-0.2, -0.15) is 0 Å². The quantitative estimate of drug-likeness (QED) is 0.594. The van der Waals surface area contributed by atoms with Gasteiger partial charge in [-0.1, -0.05) is 55.5 Å². The van der Waals surface area contributed by atoms with Crippen molar-refractivity contribution in [2.45, 2.75) is 19.4 Å². The first-order valence-corrected chi connectivity index (χ1v) is 7.05. The van der Waals surface area contributed by atoms with E-state index in [9.17, 15) is 4.79 Å². The molecule has 2 aromatic rings. The van der Waals surface area contributed by atoms with Crippen LogP contribution < -0.4 is 4.74 Å². The maximum absolute atomic E-state index is 12.1. The standard InChI is InChI=1S/C18H20O3/c1-14(18(19)21-16-11-7-4-8-12-16)13-17(20-2)15-9-5-3-6-10-15/h3-12,14,17H,13H2,1-2H3/t14-,17+/m0/s1. The number of carbonyl (C=O) groups excluding carboxylic acids is 1. The molecule has 0 aliphatic carbocycles. The molecule has 0 heterocycles. The molecule has 0 bridgehead atoms. The van der Waals surface area contributed by atoms with Gasteiger partial charge in [-0.05, 0) is 24.1 Å². The Labute approximate surface area is 125 Å². The van der Waals surface area contributed by atoms with Crippen LogP contribution in [0.4, 0.5) is 0 Å². The number of methoxy groups -OCH3 is 1.